The molecule has 11 heteroatoms. The van der Waals surface area contributed by atoms with Crippen LogP contribution in [0.15, 0.2) is 52.1 Å². The average Bonchev–Trinajstić information content (AvgIpc) is 2.67. The van der Waals surface area contributed by atoms with E-state index in [2.05, 4.69) is 0 Å². The number of methoxy groups -OCH3 is 1. The zero-order valence-corrected chi connectivity index (χ0v) is 15.7. The van der Waals surface area contributed by atoms with E-state index in [9.17, 15) is 27.2 Å². The van der Waals surface area contributed by atoms with E-state index in [1.807, 2.05) is 0 Å². The SMILES string of the molecule is COc1cccc(Oc2cc(-n3c(=O)cc(C(F)(F)F)n(C)c3=O)c(F)cc2N)c1. The lowest BCUT2D eigenvalue weighted by atomic mass is 10.2. The van der Waals surface area contributed by atoms with Crippen LogP contribution in [-0.4, -0.2) is 16.2 Å². The highest BCUT2D eigenvalue weighted by Gasteiger charge is 2.35. The molecule has 0 bridgehead atoms. The van der Waals surface area contributed by atoms with E-state index < -0.39 is 34.6 Å². The Bertz CT molecular complexity index is 1230. The first-order chi connectivity index (χ1) is 14.0. The normalized spacial score (nSPS) is 11.4. The van der Waals surface area contributed by atoms with Crippen LogP contribution in [0.25, 0.3) is 5.69 Å². The first kappa shape index (κ1) is 21.0. The highest BCUT2D eigenvalue weighted by atomic mass is 19.4. The molecule has 0 aliphatic heterocycles. The van der Waals surface area contributed by atoms with Gasteiger partial charge in [0.05, 0.1) is 18.5 Å². The Labute approximate surface area is 166 Å². The second kappa shape index (κ2) is 7.58. The summed E-state index contributed by atoms with van der Waals surface area (Å²) in [6, 6.07) is 8.29. The molecule has 3 aromatic rings. The first-order valence-corrected chi connectivity index (χ1v) is 8.34. The molecule has 158 valence electrons. The molecule has 0 spiro atoms. The molecular formula is C19H15F4N3O4. The Morgan fingerprint density at radius 1 is 1.03 bits per heavy atom. The molecule has 3 rings (SSSR count). The number of rotatable bonds is 4. The summed E-state index contributed by atoms with van der Waals surface area (Å²) in [6.07, 6.45) is -4.94. The van der Waals surface area contributed by atoms with Gasteiger partial charge in [-0.25, -0.2) is 13.8 Å². The smallest absolute Gasteiger partial charge is 0.431 e. The lowest BCUT2D eigenvalue weighted by Crippen LogP contribution is -2.41. The zero-order valence-electron chi connectivity index (χ0n) is 15.7. The topological polar surface area (TPSA) is 88.5 Å². The van der Waals surface area contributed by atoms with E-state index >= 15 is 0 Å². The maximum absolute atomic E-state index is 14.5. The van der Waals surface area contributed by atoms with Crippen molar-refractivity contribution in [1.82, 2.24) is 9.13 Å². The number of nitrogens with two attached hydrogens (primary N) is 1. The Hall–Kier alpha value is -3.76. The second-order valence-electron chi connectivity index (χ2n) is 6.17. The summed E-state index contributed by atoms with van der Waals surface area (Å²) >= 11 is 0. The lowest BCUT2D eigenvalue weighted by molar-refractivity contribution is -0.144. The summed E-state index contributed by atoms with van der Waals surface area (Å²) in [5.74, 6) is -0.495. The number of ether oxygens (including phenoxy) is 2. The van der Waals surface area contributed by atoms with E-state index in [1.54, 1.807) is 18.2 Å². The molecular weight excluding hydrogens is 410 g/mol. The molecule has 0 amide bonds. The fourth-order valence-corrected chi connectivity index (χ4v) is 2.73. The Morgan fingerprint density at radius 3 is 2.33 bits per heavy atom. The number of hydrogen-bond acceptors (Lipinski definition) is 5. The maximum atomic E-state index is 14.5. The van der Waals surface area contributed by atoms with Gasteiger partial charge in [-0.2, -0.15) is 13.2 Å². The predicted octanol–water partition coefficient (Wildman–Crippen LogP) is 3.08. The number of anilines is 1. The molecule has 0 atom stereocenters. The Balaban J connectivity index is 2.16. The number of alkyl halides is 3. The molecule has 0 saturated heterocycles. The molecule has 2 N–H and O–H groups in total. The van der Waals surface area contributed by atoms with Crippen molar-refractivity contribution in [3.05, 3.63) is 74.8 Å². The van der Waals surface area contributed by atoms with Gasteiger partial charge in [-0.15, -0.1) is 0 Å². The van der Waals surface area contributed by atoms with Crippen molar-refractivity contribution in [2.45, 2.75) is 6.18 Å². The molecule has 0 radical (unpaired) electrons. The molecule has 0 unspecified atom stereocenters. The molecule has 1 aromatic heterocycles. The molecule has 0 aliphatic rings. The first-order valence-electron chi connectivity index (χ1n) is 8.34. The fraction of sp³-hybridized carbons (Fsp3) is 0.158. The van der Waals surface area contributed by atoms with E-state index in [-0.39, 0.29) is 32.4 Å². The molecule has 2 aromatic carbocycles. The van der Waals surface area contributed by atoms with Crippen molar-refractivity contribution in [3.8, 4) is 22.9 Å². The van der Waals surface area contributed by atoms with Gasteiger partial charge in [0.2, 0.25) is 0 Å². The highest BCUT2D eigenvalue weighted by Crippen LogP contribution is 2.32. The van der Waals surface area contributed by atoms with Gasteiger partial charge < -0.3 is 15.2 Å². The van der Waals surface area contributed by atoms with Crippen LogP contribution in [0.4, 0.5) is 23.2 Å². The van der Waals surface area contributed by atoms with Gasteiger partial charge in [0.15, 0.2) is 5.75 Å². The van der Waals surface area contributed by atoms with Crippen LogP contribution in [0.3, 0.4) is 0 Å². The van der Waals surface area contributed by atoms with Gasteiger partial charge in [-0.3, -0.25) is 9.36 Å². The second-order valence-corrected chi connectivity index (χ2v) is 6.17. The average molecular weight is 425 g/mol. The van der Waals surface area contributed by atoms with Crippen molar-refractivity contribution >= 4 is 5.69 Å². The van der Waals surface area contributed by atoms with Gasteiger partial charge in [0, 0.05) is 31.3 Å². The Morgan fingerprint density at radius 2 is 1.70 bits per heavy atom. The quantitative estimate of drug-likeness (QED) is 0.513. The fourth-order valence-electron chi connectivity index (χ4n) is 2.73. The molecule has 0 saturated carbocycles. The van der Waals surface area contributed by atoms with Crippen LogP contribution in [0.5, 0.6) is 17.2 Å². The van der Waals surface area contributed by atoms with E-state index in [0.717, 1.165) is 19.2 Å². The van der Waals surface area contributed by atoms with Crippen LogP contribution in [-0.2, 0) is 13.2 Å². The Kier molecular flexibility index (Phi) is 5.29. The standard InChI is InChI=1S/C19H15F4N3O4/c1-25-16(19(21,22)23)9-17(27)26(18(25)28)14-8-15(13(24)7-12(14)20)30-11-5-3-4-10(6-11)29-2/h3-9H,24H2,1-2H3. The molecule has 30 heavy (non-hydrogen) atoms. The third-order valence-corrected chi connectivity index (χ3v) is 4.20. The number of halogens is 4. The van der Waals surface area contributed by atoms with Crippen molar-refractivity contribution in [2.75, 3.05) is 12.8 Å². The summed E-state index contributed by atoms with van der Waals surface area (Å²) in [5.41, 5.74) is 0.788. The minimum atomic E-state index is -4.94. The summed E-state index contributed by atoms with van der Waals surface area (Å²) in [6.45, 7) is 0. The van der Waals surface area contributed by atoms with Crippen LogP contribution in [0.1, 0.15) is 5.69 Å². The summed E-state index contributed by atoms with van der Waals surface area (Å²) in [4.78, 5) is 24.7. The van der Waals surface area contributed by atoms with Crippen molar-refractivity contribution in [1.29, 1.82) is 0 Å². The summed E-state index contributed by atoms with van der Waals surface area (Å²) in [7, 11) is 2.26. The third kappa shape index (κ3) is 3.86. The van der Waals surface area contributed by atoms with E-state index in [1.165, 1.54) is 13.2 Å². The molecule has 0 fully saturated rings. The zero-order chi connectivity index (χ0) is 22.2. The number of nitrogen functional groups attached to an aromatic ring is 1. The molecule has 1 heterocycles. The monoisotopic (exact) mass is 425 g/mol. The van der Waals surface area contributed by atoms with Gasteiger partial charge in [0.25, 0.3) is 5.56 Å². The van der Waals surface area contributed by atoms with Crippen LogP contribution in [0, 0.1) is 5.82 Å². The maximum Gasteiger partial charge on any atom is 0.431 e. The van der Waals surface area contributed by atoms with Crippen LogP contribution < -0.4 is 26.5 Å². The number of aromatic nitrogens is 2. The van der Waals surface area contributed by atoms with E-state index in [0.29, 0.717) is 5.75 Å². The van der Waals surface area contributed by atoms with E-state index in [4.69, 9.17) is 15.2 Å². The molecule has 0 aliphatic carbocycles. The van der Waals surface area contributed by atoms with Gasteiger partial charge >= 0.3 is 11.9 Å². The highest BCUT2D eigenvalue weighted by molar-refractivity contribution is 5.59. The molecule has 7 nitrogen and oxygen atoms in total. The number of benzene rings is 2. The van der Waals surface area contributed by atoms with Crippen molar-refractivity contribution < 1.29 is 27.0 Å². The van der Waals surface area contributed by atoms with Crippen LogP contribution in [0.2, 0.25) is 0 Å². The number of nitrogens with zero attached hydrogens (tertiary/aromatic N) is 2. The number of hydrogen-bond donors (Lipinski definition) is 1. The summed E-state index contributed by atoms with van der Waals surface area (Å²) < 4.78 is 64.7. The minimum absolute atomic E-state index is 0.117. The largest absolute Gasteiger partial charge is 0.497 e. The lowest BCUT2D eigenvalue weighted by Gasteiger charge is -2.16. The van der Waals surface area contributed by atoms with Crippen molar-refractivity contribution in [2.24, 2.45) is 7.05 Å². The van der Waals surface area contributed by atoms with Crippen molar-refractivity contribution in [3.63, 3.8) is 0 Å². The summed E-state index contributed by atoms with van der Waals surface area (Å²) in [5, 5.41) is 0. The predicted molar refractivity (Wildman–Crippen MR) is 99.7 cm³/mol. The van der Waals surface area contributed by atoms with Gasteiger partial charge in [-0.1, -0.05) is 6.07 Å². The van der Waals surface area contributed by atoms with Gasteiger partial charge in [-0.05, 0) is 12.1 Å². The van der Waals surface area contributed by atoms with Gasteiger partial charge in [0.1, 0.15) is 23.0 Å². The minimum Gasteiger partial charge on any atom is -0.497 e. The van der Waals surface area contributed by atoms with Crippen LogP contribution >= 0.6 is 0 Å². The third-order valence-electron chi connectivity index (χ3n) is 4.20.